The van der Waals surface area contributed by atoms with Crippen LogP contribution in [0, 0.1) is 0 Å². The van der Waals surface area contributed by atoms with Crippen molar-refractivity contribution < 1.29 is 14.3 Å². The van der Waals surface area contributed by atoms with Crippen LogP contribution >= 0.6 is 23.2 Å². The SMILES string of the molecule is CCc1ccc(OCC(=O)NNC(=O)Cc2ccc(Cl)cc2Cl)cc1. The summed E-state index contributed by atoms with van der Waals surface area (Å²) in [5.74, 6) is -0.272. The Balaban J connectivity index is 1.74. The summed E-state index contributed by atoms with van der Waals surface area (Å²) in [6, 6.07) is 12.3. The van der Waals surface area contributed by atoms with Crippen LogP contribution in [0.1, 0.15) is 18.1 Å². The lowest BCUT2D eigenvalue weighted by Crippen LogP contribution is -2.44. The molecule has 0 heterocycles. The summed E-state index contributed by atoms with van der Waals surface area (Å²) in [7, 11) is 0. The third kappa shape index (κ3) is 6.29. The number of hydrogen-bond acceptors (Lipinski definition) is 3. The van der Waals surface area contributed by atoms with Gasteiger partial charge in [0.05, 0.1) is 6.42 Å². The van der Waals surface area contributed by atoms with Gasteiger partial charge in [0, 0.05) is 10.0 Å². The average Bonchev–Trinajstić information content (AvgIpc) is 2.61. The van der Waals surface area contributed by atoms with Gasteiger partial charge in [-0.2, -0.15) is 0 Å². The lowest BCUT2D eigenvalue weighted by atomic mass is 10.1. The zero-order valence-corrected chi connectivity index (χ0v) is 15.2. The highest BCUT2D eigenvalue weighted by molar-refractivity contribution is 6.35. The molecule has 25 heavy (non-hydrogen) atoms. The highest BCUT2D eigenvalue weighted by Gasteiger charge is 2.09. The Labute approximate surface area is 156 Å². The van der Waals surface area contributed by atoms with E-state index in [1.165, 1.54) is 5.56 Å². The molecule has 0 saturated heterocycles. The predicted molar refractivity (Wildman–Crippen MR) is 97.8 cm³/mol. The van der Waals surface area contributed by atoms with Crippen molar-refractivity contribution in [1.29, 1.82) is 0 Å². The van der Waals surface area contributed by atoms with Gasteiger partial charge in [-0.3, -0.25) is 20.4 Å². The van der Waals surface area contributed by atoms with Gasteiger partial charge in [-0.1, -0.05) is 48.3 Å². The van der Waals surface area contributed by atoms with Crippen LogP contribution in [0.15, 0.2) is 42.5 Å². The van der Waals surface area contributed by atoms with Gasteiger partial charge in [0.25, 0.3) is 5.91 Å². The Morgan fingerprint density at radius 1 is 1.00 bits per heavy atom. The number of nitrogens with one attached hydrogen (secondary N) is 2. The molecule has 132 valence electrons. The molecule has 0 fully saturated rings. The molecule has 0 spiro atoms. The number of hydrogen-bond donors (Lipinski definition) is 2. The van der Waals surface area contributed by atoms with E-state index in [-0.39, 0.29) is 13.0 Å². The van der Waals surface area contributed by atoms with Gasteiger partial charge in [0.15, 0.2) is 6.61 Å². The standard InChI is InChI=1S/C18H18Cl2N2O3/c1-2-12-3-7-15(8-4-12)25-11-18(24)22-21-17(23)9-13-5-6-14(19)10-16(13)20/h3-8,10H,2,9,11H2,1H3,(H,21,23)(H,22,24). The molecule has 2 aromatic carbocycles. The first kappa shape index (κ1) is 19.1. The summed E-state index contributed by atoms with van der Waals surface area (Å²) in [5, 5.41) is 0.888. The number of rotatable bonds is 6. The molecule has 2 aromatic rings. The molecule has 0 radical (unpaired) electrons. The van der Waals surface area contributed by atoms with Crippen LogP contribution in [0.25, 0.3) is 0 Å². The van der Waals surface area contributed by atoms with Gasteiger partial charge in [0.1, 0.15) is 5.75 Å². The number of carbonyl (C=O) groups excluding carboxylic acids is 2. The molecule has 7 heteroatoms. The fourth-order valence-corrected chi connectivity index (χ4v) is 2.50. The molecule has 0 saturated carbocycles. The minimum Gasteiger partial charge on any atom is -0.484 e. The highest BCUT2D eigenvalue weighted by atomic mass is 35.5. The van der Waals surface area contributed by atoms with E-state index in [4.69, 9.17) is 27.9 Å². The Bertz CT molecular complexity index is 748. The predicted octanol–water partition coefficient (Wildman–Crippen LogP) is 3.32. The topological polar surface area (TPSA) is 67.4 Å². The number of halogens is 2. The number of ether oxygens (including phenoxy) is 1. The molecule has 0 aliphatic rings. The first-order chi connectivity index (χ1) is 12.0. The van der Waals surface area contributed by atoms with E-state index in [2.05, 4.69) is 17.8 Å². The van der Waals surface area contributed by atoms with E-state index in [1.54, 1.807) is 30.3 Å². The Morgan fingerprint density at radius 3 is 2.32 bits per heavy atom. The van der Waals surface area contributed by atoms with Crippen molar-refractivity contribution in [3.63, 3.8) is 0 Å². The molecule has 5 nitrogen and oxygen atoms in total. The summed E-state index contributed by atoms with van der Waals surface area (Å²) in [6.07, 6.45) is 0.958. The summed E-state index contributed by atoms with van der Waals surface area (Å²) in [4.78, 5) is 23.6. The fourth-order valence-electron chi connectivity index (χ4n) is 2.03. The first-order valence-electron chi connectivity index (χ1n) is 7.71. The van der Waals surface area contributed by atoms with Crippen LogP contribution in [0.2, 0.25) is 10.0 Å². The summed E-state index contributed by atoms with van der Waals surface area (Å²) in [5.41, 5.74) is 6.41. The number of hydrazine groups is 1. The van der Waals surface area contributed by atoms with Gasteiger partial charge in [-0.05, 0) is 41.8 Å². The third-order valence-electron chi connectivity index (χ3n) is 3.41. The van der Waals surface area contributed by atoms with Crippen molar-refractivity contribution in [1.82, 2.24) is 10.9 Å². The highest BCUT2D eigenvalue weighted by Crippen LogP contribution is 2.21. The lowest BCUT2D eigenvalue weighted by Gasteiger charge is -2.10. The molecule has 0 aromatic heterocycles. The third-order valence-corrected chi connectivity index (χ3v) is 4.00. The maximum Gasteiger partial charge on any atom is 0.276 e. The quantitative estimate of drug-likeness (QED) is 0.755. The molecule has 0 aliphatic carbocycles. The normalized spacial score (nSPS) is 10.2. The molecule has 0 atom stereocenters. The Kier molecular flexibility index (Phi) is 7.10. The summed E-state index contributed by atoms with van der Waals surface area (Å²) >= 11 is 11.8. The second-order valence-electron chi connectivity index (χ2n) is 5.30. The number of benzene rings is 2. The van der Waals surface area contributed by atoms with Gasteiger partial charge in [-0.25, -0.2) is 0 Å². The second kappa shape index (κ2) is 9.30. The molecule has 2 N–H and O–H groups in total. The number of amides is 2. The molecule has 2 amide bonds. The van der Waals surface area contributed by atoms with E-state index in [0.29, 0.717) is 21.4 Å². The van der Waals surface area contributed by atoms with E-state index >= 15 is 0 Å². The van der Waals surface area contributed by atoms with Crippen molar-refractivity contribution >= 4 is 35.0 Å². The summed E-state index contributed by atoms with van der Waals surface area (Å²) < 4.78 is 5.35. The minimum atomic E-state index is -0.463. The minimum absolute atomic E-state index is 0.0234. The zero-order valence-electron chi connectivity index (χ0n) is 13.6. The smallest absolute Gasteiger partial charge is 0.276 e. The summed E-state index contributed by atoms with van der Waals surface area (Å²) in [6.45, 7) is 1.86. The molecular formula is C18H18Cl2N2O3. The first-order valence-corrected chi connectivity index (χ1v) is 8.47. The molecular weight excluding hydrogens is 363 g/mol. The van der Waals surface area contributed by atoms with Gasteiger partial charge < -0.3 is 4.74 Å². The van der Waals surface area contributed by atoms with Crippen LogP contribution in [-0.4, -0.2) is 18.4 Å². The van der Waals surface area contributed by atoms with Gasteiger partial charge in [-0.15, -0.1) is 0 Å². The van der Waals surface area contributed by atoms with Crippen molar-refractivity contribution in [3.8, 4) is 5.75 Å². The van der Waals surface area contributed by atoms with E-state index < -0.39 is 11.8 Å². The number of carbonyl (C=O) groups is 2. The maximum atomic E-state index is 11.8. The maximum absolute atomic E-state index is 11.8. The zero-order chi connectivity index (χ0) is 18.2. The monoisotopic (exact) mass is 380 g/mol. The largest absolute Gasteiger partial charge is 0.484 e. The average molecular weight is 381 g/mol. The Hall–Kier alpha value is -2.24. The number of aryl methyl sites for hydroxylation is 1. The van der Waals surface area contributed by atoms with E-state index in [9.17, 15) is 9.59 Å². The van der Waals surface area contributed by atoms with Gasteiger partial charge in [0.2, 0.25) is 5.91 Å². The fraction of sp³-hybridized carbons (Fsp3) is 0.222. The lowest BCUT2D eigenvalue weighted by molar-refractivity contribution is -0.129. The van der Waals surface area contributed by atoms with Crippen LogP contribution in [0.3, 0.4) is 0 Å². The van der Waals surface area contributed by atoms with Crippen molar-refractivity contribution in [2.45, 2.75) is 19.8 Å². The second-order valence-corrected chi connectivity index (χ2v) is 6.14. The van der Waals surface area contributed by atoms with Crippen LogP contribution < -0.4 is 15.6 Å². The van der Waals surface area contributed by atoms with E-state index in [0.717, 1.165) is 6.42 Å². The van der Waals surface area contributed by atoms with Crippen LogP contribution in [0.4, 0.5) is 0 Å². The van der Waals surface area contributed by atoms with Crippen LogP contribution in [0.5, 0.6) is 5.75 Å². The van der Waals surface area contributed by atoms with E-state index in [1.807, 2.05) is 12.1 Å². The Morgan fingerprint density at radius 2 is 1.68 bits per heavy atom. The van der Waals surface area contributed by atoms with Crippen molar-refractivity contribution in [2.75, 3.05) is 6.61 Å². The van der Waals surface area contributed by atoms with Crippen molar-refractivity contribution in [2.24, 2.45) is 0 Å². The molecule has 0 unspecified atom stereocenters. The van der Waals surface area contributed by atoms with Crippen LogP contribution in [-0.2, 0) is 22.4 Å². The van der Waals surface area contributed by atoms with Gasteiger partial charge >= 0.3 is 0 Å². The molecule has 0 aliphatic heterocycles. The van der Waals surface area contributed by atoms with Crippen molar-refractivity contribution in [3.05, 3.63) is 63.6 Å². The molecule has 2 rings (SSSR count). The molecule has 0 bridgehead atoms.